The van der Waals surface area contributed by atoms with Crippen molar-refractivity contribution < 1.29 is 9.53 Å². The molecule has 0 bridgehead atoms. The number of carbonyl (C=O) groups excluding carboxylic acids is 1. The molecule has 5 nitrogen and oxygen atoms in total. The zero-order valence-corrected chi connectivity index (χ0v) is 8.51. The first-order valence-electron chi connectivity index (χ1n) is 4.57. The average molecular weight is 207 g/mol. The van der Waals surface area contributed by atoms with E-state index in [4.69, 9.17) is 11.0 Å². The van der Waals surface area contributed by atoms with Gasteiger partial charge in [-0.2, -0.15) is 5.26 Å². The molecule has 0 aliphatic rings. The van der Waals surface area contributed by atoms with E-state index >= 15 is 0 Å². The van der Waals surface area contributed by atoms with E-state index in [2.05, 4.69) is 4.74 Å². The summed E-state index contributed by atoms with van der Waals surface area (Å²) in [5.41, 5.74) is 6.13. The van der Waals surface area contributed by atoms with Crippen molar-refractivity contribution in [3.05, 3.63) is 24.0 Å². The molecule has 0 saturated carbocycles. The van der Waals surface area contributed by atoms with Gasteiger partial charge in [0.05, 0.1) is 7.11 Å². The van der Waals surface area contributed by atoms with Crippen LogP contribution < -0.4 is 5.73 Å². The molecule has 0 amide bonds. The molecule has 1 aromatic rings. The molecule has 0 radical (unpaired) electrons. The highest BCUT2D eigenvalue weighted by Crippen LogP contribution is 2.03. The lowest BCUT2D eigenvalue weighted by Crippen LogP contribution is -2.32. The van der Waals surface area contributed by atoms with Gasteiger partial charge in [-0.1, -0.05) is 0 Å². The fourth-order valence-corrected chi connectivity index (χ4v) is 1.26. The first-order valence-corrected chi connectivity index (χ1v) is 4.57. The summed E-state index contributed by atoms with van der Waals surface area (Å²) in [5.74, 6) is -0.430. The summed E-state index contributed by atoms with van der Waals surface area (Å²) < 4.78 is 6.25. The molecule has 1 heterocycles. The number of rotatable bonds is 4. The van der Waals surface area contributed by atoms with Crippen molar-refractivity contribution in [3.63, 3.8) is 0 Å². The molecular formula is C10H13N3O2. The van der Waals surface area contributed by atoms with Gasteiger partial charge in [-0.05, 0) is 18.6 Å². The Morgan fingerprint density at radius 1 is 1.80 bits per heavy atom. The van der Waals surface area contributed by atoms with E-state index in [-0.39, 0.29) is 0 Å². The molecule has 0 aliphatic heterocycles. The molecule has 0 spiro atoms. The van der Waals surface area contributed by atoms with Crippen LogP contribution in [0.25, 0.3) is 0 Å². The predicted molar refractivity (Wildman–Crippen MR) is 53.8 cm³/mol. The Balaban J connectivity index is 2.51. The highest BCUT2D eigenvalue weighted by Gasteiger charge is 2.13. The second-order valence-electron chi connectivity index (χ2n) is 3.12. The Labute approximate surface area is 88.0 Å². The van der Waals surface area contributed by atoms with Crippen LogP contribution in [0.2, 0.25) is 0 Å². The molecule has 2 N–H and O–H groups in total. The van der Waals surface area contributed by atoms with Crippen molar-refractivity contribution in [2.24, 2.45) is 5.73 Å². The minimum Gasteiger partial charge on any atom is -0.468 e. The summed E-state index contributed by atoms with van der Waals surface area (Å²) in [6.45, 7) is 0.534. The van der Waals surface area contributed by atoms with Crippen LogP contribution in [0.1, 0.15) is 12.1 Å². The normalized spacial score (nSPS) is 11.8. The Morgan fingerprint density at radius 3 is 3.13 bits per heavy atom. The SMILES string of the molecule is COC(=O)C(N)CCn1cccc1C#N. The highest BCUT2D eigenvalue weighted by molar-refractivity contribution is 5.75. The van der Waals surface area contributed by atoms with Crippen molar-refractivity contribution in [1.82, 2.24) is 4.57 Å². The fourth-order valence-electron chi connectivity index (χ4n) is 1.26. The van der Waals surface area contributed by atoms with Crippen LogP contribution in [-0.2, 0) is 16.1 Å². The largest absolute Gasteiger partial charge is 0.468 e. The summed E-state index contributed by atoms with van der Waals surface area (Å²) >= 11 is 0. The van der Waals surface area contributed by atoms with Crippen molar-refractivity contribution in [2.75, 3.05) is 7.11 Å². The van der Waals surface area contributed by atoms with Crippen LogP contribution in [0, 0.1) is 11.3 Å². The van der Waals surface area contributed by atoms with Gasteiger partial charge >= 0.3 is 5.97 Å². The first-order chi connectivity index (χ1) is 7.19. The number of aromatic nitrogens is 1. The van der Waals surface area contributed by atoms with Gasteiger partial charge in [0.1, 0.15) is 17.8 Å². The lowest BCUT2D eigenvalue weighted by Gasteiger charge is -2.10. The van der Waals surface area contributed by atoms with Crippen LogP contribution in [0.15, 0.2) is 18.3 Å². The molecule has 1 aromatic heterocycles. The molecule has 0 aromatic carbocycles. The molecule has 0 aliphatic carbocycles. The van der Waals surface area contributed by atoms with Crippen LogP contribution in [-0.4, -0.2) is 23.7 Å². The number of nitrogens with zero attached hydrogens (tertiary/aromatic N) is 2. The second kappa shape index (κ2) is 5.17. The van der Waals surface area contributed by atoms with E-state index in [9.17, 15) is 4.79 Å². The number of hydrogen-bond donors (Lipinski definition) is 1. The van der Waals surface area contributed by atoms with E-state index in [1.54, 1.807) is 22.9 Å². The average Bonchev–Trinajstić information content (AvgIpc) is 2.71. The number of carbonyl (C=O) groups is 1. The third-order valence-electron chi connectivity index (χ3n) is 2.13. The third-order valence-corrected chi connectivity index (χ3v) is 2.13. The molecule has 0 saturated heterocycles. The van der Waals surface area contributed by atoms with Gasteiger partial charge in [0, 0.05) is 12.7 Å². The Bertz CT molecular complexity index is 378. The maximum Gasteiger partial charge on any atom is 0.322 e. The van der Waals surface area contributed by atoms with E-state index in [0.29, 0.717) is 18.7 Å². The molecular weight excluding hydrogens is 194 g/mol. The van der Waals surface area contributed by atoms with Gasteiger partial charge in [0.25, 0.3) is 0 Å². The molecule has 15 heavy (non-hydrogen) atoms. The molecule has 1 atom stereocenters. The maximum atomic E-state index is 11.0. The second-order valence-corrected chi connectivity index (χ2v) is 3.12. The summed E-state index contributed by atoms with van der Waals surface area (Å²) in [7, 11) is 1.30. The van der Waals surface area contributed by atoms with Crippen molar-refractivity contribution in [1.29, 1.82) is 5.26 Å². The van der Waals surface area contributed by atoms with Gasteiger partial charge in [-0.15, -0.1) is 0 Å². The Hall–Kier alpha value is -1.80. The number of hydrogen-bond acceptors (Lipinski definition) is 4. The molecule has 5 heteroatoms. The monoisotopic (exact) mass is 207 g/mol. The number of aryl methyl sites for hydroxylation is 1. The highest BCUT2D eigenvalue weighted by atomic mass is 16.5. The minimum atomic E-state index is -0.635. The van der Waals surface area contributed by atoms with Crippen LogP contribution in [0.4, 0.5) is 0 Å². The number of esters is 1. The summed E-state index contributed by atoms with van der Waals surface area (Å²) in [6, 6.07) is 4.91. The Kier molecular flexibility index (Phi) is 3.89. The van der Waals surface area contributed by atoms with Gasteiger partial charge < -0.3 is 15.0 Å². The predicted octanol–water partition coefficient (Wildman–Crippen LogP) is 0.250. The van der Waals surface area contributed by atoms with Crippen LogP contribution in [0.3, 0.4) is 0 Å². The maximum absolute atomic E-state index is 11.0. The fraction of sp³-hybridized carbons (Fsp3) is 0.400. The van der Waals surface area contributed by atoms with Crippen molar-refractivity contribution >= 4 is 5.97 Å². The smallest absolute Gasteiger partial charge is 0.322 e. The molecule has 0 fully saturated rings. The van der Waals surface area contributed by atoms with Gasteiger partial charge in [-0.3, -0.25) is 4.79 Å². The number of ether oxygens (including phenoxy) is 1. The Morgan fingerprint density at radius 2 is 2.53 bits per heavy atom. The summed E-state index contributed by atoms with van der Waals surface area (Å²) in [6.07, 6.45) is 2.23. The van der Waals surface area contributed by atoms with E-state index in [1.165, 1.54) is 7.11 Å². The third kappa shape index (κ3) is 2.82. The molecule has 1 rings (SSSR count). The van der Waals surface area contributed by atoms with E-state index in [1.807, 2.05) is 6.07 Å². The zero-order valence-electron chi connectivity index (χ0n) is 8.51. The van der Waals surface area contributed by atoms with E-state index < -0.39 is 12.0 Å². The summed E-state index contributed by atoms with van der Waals surface area (Å²) in [4.78, 5) is 11.0. The number of nitrogens with two attached hydrogens (primary N) is 1. The quantitative estimate of drug-likeness (QED) is 0.717. The zero-order chi connectivity index (χ0) is 11.3. The van der Waals surface area contributed by atoms with Crippen molar-refractivity contribution in [3.8, 4) is 6.07 Å². The van der Waals surface area contributed by atoms with Gasteiger partial charge in [-0.25, -0.2) is 0 Å². The minimum absolute atomic E-state index is 0.430. The number of methoxy groups -OCH3 is 1. The molecule has 1 unspecified atom stereocenters. The van der Waals surface area contributed by atoms with Crippen molar-refractivity contribution in [2.45, 2.75) is 19.0 Å². The number of nitriles is 1. The molecule has 80 valence electrons. The van der Waals surface area contributed by atoms with Crippen LogP contribution in [0.5, 0.6) is 0 Å². The van der Waals surface area contributed by atoms with Gasteiger partial charge in [0.15, 0.2) is 0 Å². The van der Waals surface area contributed by atoms with Crippen LogP contribution >= 0.6 is 0 Å². The summed E-state index contributed by atoms with van der Waals surface area (Å²) in [5, 5.41) is 8.73. The lowest BCUT2D eigenvalue weighted by atomic mass is 10.2. The topological polar surface area (TPSA) is 81.0 Å². The first kappa shape index (κ1) is 11.3. The van der Waals surface area contributed by atoms with E-state index in [0.717, 1.165) is 0 Å². The standard InChI is InChI=1S/C10H13N3O2/c1-15-10(14)9(12)4-6-13-5-2-3-8(13)7-11/h2-3,5,9H,4,6,12H2,1H3. The lowest BCUT2D eigenvalue weighted by molar-refractivity contribution is -0.142. The van der Waals surface area contributed by atoms with Gasteiger partial charge in [0.2, 0.25) is 0 Å².